The monoisotopic (exact) mass is 320 g/mol. The molecule has 1 fully saturated rings. The van der Waals surface area contributed by atoms with Gasteiger partial charge in [0.25, 0.3) is 0 Å². The summed E-state index contributed by atoms with van der Waals surface area (Å²) in [7, 11) is 0. The van der Waals surface area contributed by atoms with Gasteiger partial charge in [-0.25, -0.2) is 14.6 Å². The average molecular weight is 321 g/mol. The van der Waals surface area contributed by atoms with E-state index in [4.69, 9.17) is 16.3 Å². The van der Waals surface area contributed by atoms with E-state index >= 15 is 0 Å². The highest BCUT2D eigenvalue weighted by Crippen LogP contribution is 2.32. The lowest BCUT2D eigenvalue weighted by atomic mass is 10.2. The molecule has 0 N–H and O–H groups in total. The highest BCUT2D eigenvalue weighted by atomic mass is 35.5. The van der Waals surface area contributed by atoms with E-state index in [1.165, 1.54) is 6.42 Å². The Morgan fingerprint density at radius 2 is 2.29 bits per heavy atom. The van der Waals surface area contributed by atoms with Crippen LogP contribution in [0.2, 0.25) is 5.28 Å². The second kappa shape index (κ2) is 5.36. The molecule has 0 bridgehead atoms. The molecule has 0 aliphatic carbocycles. The van der Waals surface area contributed by atoms with Gasteiger partial charge in [0.1, 0.15) is 6.23 Å². The van der Waals surface area contributed by atoms with Gasteiger partial charge in [-0.15, -0.1) is 11.3 Å². The fourth-order valence-corrected chi connectivity index (χ4v) is 3.60. The largest absolute Gasteiger partial charge is 0.357 e. The van der Waals surface area contributed by atoms with Crippen molar-refractivity contribution in [2.24, 2.45) is 0 Å². The molecule has 3 aromatic rings. The minimum Gasteiger partial charge on any atom is -0.357 e. The third-order valence-corrected chi connectivity index (χ3v) is 4.68. The summed E-state index contributed by atoms with van der Waals surface area (Å²) in [6.45, 7) is 0.800. The SMILES string of the molecule is Clc1nc(-c2cnn(C3CCCCO3)c2)c2sccc2n1. The van der Waals surface area contributed by atoms with Crippen molar-refractivity contribution >= 4 is 33.2 Å². The van der Waals surface area contributed by atoms with Crippen molar-refractivity contribution in [3.05, 3.63) is 29.1 Å². The summed E-state index contributed by atoms with van der Waals surface area (Å²) in [5.74, 6) is 0. The van der Waals surface area contributed by atoms with E-state index in [-0.39, 0.29) is 11.5 Å². The molecule has 108 valence electrons. The maximum atomic E-state index is 6.02. The van der Waals surface area contributed by atoms with Crippen LogP contribution in [-0.2, 0) is 4.74 Å². The molecule has 5 nitrogen and oxygen atoms in total. The van der Waals surface area contributed by atoms with Gasteiger partial charge in [-0.05, 0) is 42.3 Å². The van der Waals surface area contributed by atoms with Gasteiger partial charge in [0.05, 0.1) is 22.1 Å². The summed E-state index contributed by atoms with van der Waals surface area (Å²) in [5.41, 5.74) is 2.65. The molecular weight excluding hydrogens is 308 g/mol. The lowest BCUT2D eigenvalue weighted by Crippen LogP contribution is -2.18. The van der Waals surface area contributed by atoms with Crippen molar-refractivity contribution in [3.8, 4) is 11.3 Å². The van der Waals surface area contributed by atoms with Crippen LogP contribution in [0.1, 0.15) is 25.5 Å². The first-order chi connectivity index (χ1) is 10.3. The standard InChI is InChI=1S/C14H13ClN4OS/c15-14-17-10-4-6-21-13(10)12(18-14)9-7-16-19(8-9)11-3-1-2-5-20-11/h4,6-8,11H,1-3,5H2. The van der Waals surface area contributed by atoms with Gasteiger partial charge in [0.15, 0.2) is 0 Å². The highest BCUT2D eigenvalue weighted by molar-refractivity contribution is 7.17. The van der Waals surface area contributed by atoms with E-state index in [0.717, 1.165) is 40.9 Å². The van der Waals surface area contributed by atoms with Crippen LogP contribution in [0, 0.1) is 0 Å². The lowest BCUT2D eigenvalue weighted by Gasteiger charge is -2.22. The first-order valence-corrected chi connectivity index (χ1v) is 8.14. The zero-order valence-corrected chi connectivity index (χ0v) is 12.8. The number of aromatic nitrogens is 4. The summed E-state index contributed by atoms with van der Waals surface area (Å²) < 4.78 is 8.66. The van der Waals surface area contributed by atoms with E-state index in [1.54, 1.807) is 11.3 Å². The molecule has 21 heavy (non-hydrogen) atoms. The van der Waals surface area contributed by atoms with Gasteiger partial charge in [0, 0.05) is 18.4 Å². The topological polar surface area (TPSA) is 52.8 Å². The van der Waals surface area contributed by atoms with Crippen LogP contribution in [0.4, 0.5) is 0 Å². The van der Waals surface area contributed by atoms with Crippen LogP contribution in [-0.4, -0.2) is 26.4 Å². The third kappa shape index (κ3) is 2.43. The molecule has 0 radical (unpaired) electrons. The van der Waals surface area contributed by atoms with Crippen LogP contribution < -0.4 is 0 Å². The Morgan fingerprint density at radius 3 is 3.14 bits per heavy atom. The number of rotatable bonds is 2. The highest BCUT2D eigenvalue weighted by Gasteiger charge is 2.18. The Kier molecular flexibility index (Phi) is 3.37. The van der Waals surface area contributed by atoms with Crippen LogP contribution in [0.25, 0.3) is 21.5 Å². The fourth-order valence-electron chi connectivity index (χ4n) is 2.58. The van der Waals surface area contributed by atoms with Gasteiger partial charge in [0.2, 0.25) is 5.28 Å². The summed E-state index contributed by atoms with van der Waals surface area (Å²) in [5, 5.41) is 6.69. The molecule has 0 spiro atoms. The van der Waals surface area contributed by atoms with Crippen molar-refractivity contribution in [3.63, 3.8) is 0 Å². The summed E-state index contributed by atoms with van der Waals surface area (Å²) in [6, 6.07) is 1.95. The van der Waals surface area contributed by atoms with Crippen LogP contribution in [0.15, 0.2) is 23.8 Å². The average Bonchev–Trinajstić information content (AvgIpc) is 3.16. The van der Waals surface area contributed by atoms with Gasteiger partial charge < -0.3 is 4.74 Å². The first kappa shape index (κ1) is 13.2. The number of halogens is 1. The first-order valence-electron chi connectivity index (χ1n) is 6.88. The minimum absolute atomic E-state index is 0.0311. The number of hydrogen-bond donors (Lipinski definition) is 0. The van der Waals surface area contributed by atoms with E-state index in [2.05, 4.69) is 15.1 Å². The molecule has 0 aromatic carbocycles. The second-order valence-electron chi connectivity index (χ2n) is 5.01. The number of fused-ring (bicyclic) bond motifs is 1. The smallest absolute Gasteiger partial charge is 0.223 e. The van der Waals surface area contributed by atoms with Crippen LogP contribution in [0.3, 0.4) is 0 Å². The second-order valence-corrected chi connectivity index (χ2v) is 6.26. The van der Waals surface area contributed by atoms with E-state index < -0.39 is 0 Å². The van der Waals surface area contributed by atoms with Gasteiger partial charge in [-0.1, -0.05) is 0 Å². The van der Waals surface area contributed by atoms with Crippen molar-refractivity contribution in [2.75, 3.05) is 6.61 Å². The molecule has 0 saturated carbocycles. The normalized spacial score (nSPS) is 19.2. The number of hydrogen-bond acceptors (Lipinski definition) is 5. The fraction of sp³-hybridized carbons (Fsp3) is 0.357. The number of ether oxygens (including phenoxy) is 1. The molecule has 1 aliphatic rings. The van der Waals surface area contributed by atoms with E-state index in [9.17, 15) is 0 Å². The quantitative estimate of drug-likeness (QED) is 0.672. The Hall–Kier alpha value is -1.50. The number of thiophene rings is 1. The minimum atomic E-state index is 0.0311. The molecular formula is C14H13ClN4OS. The Balaban J connectivity index is 1.75. The molecule has 1 aliphatic heterocycles. The molecule has 0 amide bonds. The molecule has 3 aromatic heterocycles. The Bertz CT molecular complexity index is 778. The maximum absolute atomic E-state index is 6.02. The molecule has 4 heterocycles. The molecule has 7 heteroatoms. The van der Waals surface area contributed by atoms with Crippen molar-refractivity contribution in [1.29, 1.82) is 0 Å². The van der Waals surface area contributed by atoms with Crippen LogP contribution >= 0.6 is 22.9 Å². The predicted octanol–water partition coefficient (Wildman–Crippen LogP) is 3.91. The summed E-state index contributed by atoms with van der Waals surface area (Å²) in [6.07, 6.45) is 7.13. The van der Waals surface area contributed by atoms with Gasteiger partial charge >= 0.3 is 0 Å². The van der Waals surface area contributed by atoms with Gasteiger partial charge in [-0.2, -0.15) is 5.10 Å². The maximum Gasteiger partial charge on any atom is 0.223 e. The summed E-state index contributed by atoms with van der Waals surface area (Å²) >= 11 is 7.63. The van der Waals surface area contributed by atoms with Crippen molar-refractivity contribution < 1.29 is 4.74 Å². The lowest BCUT2D eigenvalue weighted by molar-refractivity contribution is -0.0394. The molecule has 1 unspecified atom stereocenters. The predicted molar refractivity (Wildman–Crippen MR) is 82.5 cm³/mol. The van der Waals surface area contributed by atoms with Crippen molar-refractivity contribution in [2.45, 2.75) is 25.5 Å². The number of nitrogens with zero attached hydrogens (tertiary/aromatic N) is 4. The van der Waals surface area contributed by atoms with E-state index in [0.29, 0.717) is 0 Å². The molecule has 1 saturated heterocycles. The van der Waals surface area contributed by atoms with Crippen LogP contribution in [0.5, 0.6) is 0 Å². The third-order valence-electron chi connectivity index (χ3n) is 3.60. The molecule has 1 atom stereocenters. The zero-order valence-electron chi connectivity index (χ0n) is 11.2. The molecule has 4 rings (SSSR count). The van der Waals surface area contributed by atoms with Gasteiger partial charge in [-0.3, -0.25) is 0 Å². The summed E-state index contributed by atoms with van der Waals surface area (Å²) in [4.78, 5) is 8.60. The van der Waals surface area contributed by atoms with Crippen molar-refractivity contribution in [1.82, 2.24) is 19.7 Å². The zero-order chi connectivity index (χ0) is 14.2. The Labute approximate surface area is 130 Å². The Morgan fingerprint density at radius 1 is 1.33 bits per heavy atom. The van der Waals surface area contributed by atoms with E-state index in [1.807, 2.05) is 28.5 Å².